The van der Waals surface area contributed by atoms with E-state index in [2.05, 4.69) is 19.3 Å². The van der Waals surface area contributed by atoms with Gasteiger partial charge < -0.3 is 10.5 Å². The zero-order chi connectivity index (χ0) is 30.2. The van der Waals surface area contributed by atoms with E-state index in [1.54, 1.807) is 16.8 Å². The SMILES string of the molecule is COc1ncc(-c2nn([C@H](C)c3cc4ccc(F)cn4c(=O)c3-c3ccccc3)c3ncnc(N)c23)cc1N=[SH](=O)OC. The molecule has 5 heterocycles. The fourth-order valence-electron chi connectivity index (χ4n) is 5.01. The molecule has 0 saturated carbocycles. The van der Waals surface area contributed by atoms with Gasteiger partial charge in [-0.2, -0.15) is 9.46 Å². The van der Waals surface area contributed by atoms with Gasteiger partial charge in [0.2, 0.25) is 5.88 Å². The average Bonchev–Trinajstić information content (AvgIpc) is 3.42. The second-order valence-electron chi connectivity index (χ2n) is 9.49. The Bertz CT molecular complexity index is 2160. The first-order valence-electron chi connectivity index (χ1n) is 13.0. The highest BCUT2D eigenvalue weighted by Crippen LogP contribution is 2.37. The predicted octanol–water partition coefficient (Wildman–Crippen LogP) is 4.36. The van der Waals surface area contributed by atoms with E-state index in [-0.39, 0.29) is 22.9 Å². The van der Waals surface area contributed by atoms with E-state index < -0.39 is 22.7 Å². The Morgan fingerprint density at radius 1 is 1.05 bits per heavy atom. The zero-order valence-electron chi connectivity index (χ0n) is 23.2. The maximum Gasteiger partial charge on any atom is 0.263 e. The summed E-state index contributed by atoms with van der Waals surface area (Å²) in [5.41, 5.74) is 9.63. The van der Waals surface area contributed by atoms with Crippen LogP contribution in [0.1, 0.15) is 18.5 Å². The number of benzene rings is 1. The van der Waals surface area contributed by atoms with Gasteiger partial charge >= 0.3 is 0 Å². The number of nitrogens with two attached hydrogens (primary N) is 1. The normalized spacial score (nSPS) is 13.0. The molecule has 0 aliphatic rings. The highest BCUT2D eigenvalue weighted by molar-refractivity contribution is 7.69. The van der Waals surface area contributed by atoms with Gasteiger partial charge in [-0.25, -0.2) is 28.2 Å². The van der Waals surface area contributed by atoms with Crippen LogP contribution in [0.2, 0.25) is 0 Å². The predicted molar refractivity (Wildman–Crippen MR) is 161 cm³/mol. The molecule has 5 aromatic heterocycles. The van der Waals surface area contributed by atoms with Gasteiger partial charge in [0.05, 0.1) is 31.2 Å². The summed E-state index contributed by atoms with van der Waals surface area (Å²) >= 11 is 0. The van der Waals surface area contributed by atoms with E-state index in [0.717, 1.165) is 0 Å². The van der Waals surface area contributed by atoms with Gasteiger partial charge in [0, 0.05) is 23.5 Å². The van der Waals surface area contributed by atoms with Crippen molar-refractivity contribution in [1.82, 2.24) is 29.1 Å². The van der Waals surface area contributed by atoms with Gasteiger partial charge in [-0.3, -0.25) is 13.4 Å². The Balaban J connectivity index is 1.61. The smallest absolute Gasteiger partial charge is 0.263 e. The van der Waals surface area contributed by atoms with Crippen molar-refractivity contribution in [3.63, 3.8) is 0 Å². The van der Waals surface area contributed by atoms with Crippen molar-refractivity contribution >= 4 is 38.9 Å². The highest BCUT2D eigenvalue weighted by Gasteiger charge is 2.25. The lowest BCUT2D eigenvalue weighted by Gasteiger charge is -2.19. The van der Waals surface area contributed by atoms with E-state index in [4.69, 9.17) is 19.8 Å². The molecule has 14 heteroatoms. The summed E-state index contributed by atoms with van der Waals surface area (Å²) < 4.78 is 43.3. The van der Waals surface area contributed by atoms with Gasteiger partial charge in [0.1, 0.15) is 29.3 Å². The number of ether oxygens (including phenoxy) is 1. The molecule has 0 aliphatic heterocycles. The minimum Gasteiger partial charge on any atom is -0.479 e. The number of halogens is 1. The van der Waals surface area contributed by atoms with Crippen LogP contribution in [-0.4, -0.2) is 47.6 Å². The maximum absolute atomic E-state index is 14.2. The molecular weight excluding hydrogens is 575 g/mol. The largest absolute Gasteiger partial charge is 0.479 e. The van der Waals surface area contributed by atoms with Crippen molar-refractivity contribution in [2.24, 2.45) is 4.36 Å². The van der Waals surface area contributed by atoms with E-state index in [1.807, 2.05) is 43.3 Å². The molecule has 6 aromatic rings. The number of aromatic nitrogens is 6. The molecular formula is C29H25FN8O4S. The molecule has 12 nitrogen and oxygen atoms in total. The molecule has 0 spiro atoms. The minimum atomic E-state index is -2.35. The van der Waals surface area contributed by atoms with Crippen LogP contribution >= 0.6 is 0 Å². The molecule has 1 unspecified atom stereocenters. The lowest BCUT2D eigenvalue weighted by atomic mass is 9.96. The van der Waals surface area contributed by atoms with Crippen LogP contribution in [0.15, 0.2) is 82.5 Å². The van der Waals surface area contributed by atoms with E-state index in [0.29, 0.717) is 44.5 Å². The topological polar surface area (TPSA) is 152 Å². The first kappa shape index (κ1) is 27.9. The number of hydrogen-bond acceptors (Lipinski definition) is 10. The number of pyridine rings is 3. The standard InChI is InChI=1S/C29H25FN8O4S/c1-16(21-12-20-10-9-19(30)14-37(20)29(39)23(21)17-7-5-4-6-8-17)38-27-24(26(31)33-15-34-27)25(35-38)18-11-22(36-43(40)42-3)28(41-2)32-13-18/h4-16,43H,1-3H3,(H2,31,33,34)/t16-/m1/s1. The Hall–Kier alpha value is -5.21. The molecule has 0 amide bonds. The fourth-order valence-corrected chi connectivity index (χ4v) is 5.41. The summed E-state index contributed by atoms with van der Waals surface area (Å²) in [7, 11) is 0.342. The van der Waals surface area contributed by atoms with Crippen LogP contribution in [0.3, 0.4) is 0 Å². The molecule has 0 radical (unpaired) electrons. The number of nitrogens with zero attached hydrogens (tertiary/aromatic N) is 7. The van der Waals surface area contributed by atoms with Gasteiger partial charge in [-0.1, -0.05) is 30.3 Å². The second-order valence-corrected chi connectivity index (χ2v) is 10.5. The van der Waals surface area contributed by atoms with E-state index in [9.17, 15) is 13.4 Å². The Morgan fingerprint density at radius 2 is 1.84 bits per heavy atom. The first-order valence-corrected chi connectivity index (χ1v) is 14.1. The summed E-state index contributed by atoms with van der Waals surface area (Å²) in [5.74, 6) is -0.210. The second kappa shape index (κ2) is 11.2. The highest BCUT2D eigenvalue weighted by atomic mass is 32.2. The number of thiol groups is 1. The molecule has 0 fully saturated rings. The maximum atomic E-state index is 14.2. The van der Waals surface area contributed by atoms with Crippen LogP contribution in [-0.2, 0) is 15.1 Å². The lowest BCUT2D eigenvalue weighted by molar-refractivity contribution is 0.399. The lowest BCUT2D eigenvalue weighted by Crippen LogP contribution is -2.21. The van der Waals surface area contributed by atoms with Crippen molar-refractivity contribution < 1.29 is 17.5 Å². The third-order valence-corrected chi connectivity index (χ3v) is 7.70. The third kappa shape index (κ3) is 4.96. The van der Waals surface area contributed by atoms with Crippen LogP contribution < -0.4 is 16.0 Å². The third-order valence-electron chi connectivity index (χ3n) is 7.01. The van der Waals surface area contributed by atoms with Gasteiger partial charge in [-0.15, -0.1) is 0 Å². The Labute approximate surface area is 246 Å². The summed E-state index contributed by atoms with van der Waals surface area (Å²) in [6.45, 7) is 1.88. The molecule has 0 bridgehead atoms. The van der Waals surface area contributed by atoms with Crippen LogP contribution in [0, 0.1) is 5.82 Å². The molecule has 218 valence electrons. The average molecular weight is 601 g/mol. The molecule has 1 aromatic carbocycles. The number of anilines is 1. The Morgan fingerprint density at radius 3 is 2.58 bits per heavy atom. The van der Waals surface area contributed by atoms with Gasteiger partial charge in [0.25, 0.3) is 5.56 Å². The van der Waals surface area contributed by atoms with E-state index >= 15 is 0 Å². The fraction of sp³-hybridized carbons (Fsp3) is 0.138. The van der Waals surface area contributed by atoms with Crippen LogP contribution in [0.4, 0.5) is 15.9 Å². The number of rotatable bonds is 7. The number of hydrogen-bond donors (Lipinski definition) is 2. The number of fused-ring (bicyclic) bond motifs is 2. The number of methoxy groups -OCH3 is 1. The van der Waals surface area contributed by atoms with Gasteiger partial charge in [-0.05, 0) is 42.3 Å². The van der Waals surface area contributed by atoms with Crippen molar-refractivity contribution in [1.29, 1.82) is 0 Å². The summed E-state index contributed by atoms with van der Waals surface area (Å²) in [4.78, 5) is 26.8. The van der Waals surface area contributed by atoms with Crippen molar-refractivity contribution in [2.75, 3.05) is 20.0 Å². The quantitative estimate of drug-likeness (QED) is 0.255. The van der Waals surface area contributed by atoms with E-state index in [1.165, 1.54) is 43.4 Å². The van der Waals surface area contributed by atoms with Gasteiger partial charge in [0.15, 0.2) is 16.5 Å². The zero-order valence-corrected chi connectivity index (χ0v) is 24.1. The summed E-state index contributed by atoms with van der Waals surface area (Å²) in [5, 5.41) is 5.34. The molecule has 43 heavy (non-hydrogen) atoms. The van der Waals surface area contributed by atoms with Crippen molar-refractivity contribution in [3.05, 3.63) is 95.1 Å². The van der Waals surface area contributed by atoms with Crippen LogP contribution in [0.5, 0.6) is 5.88 Å². The molecule has 6 rings (SSSR count). The van der Waals surface area contributed by atoms with Crippen molar-refractivity contribution in [3.8, 4) is 28.3 Å². The summed E-state index contributed by atoms with van der Waals surface area (Å²) in [6, 6.07) is 14.9. The summed E-state index contributed by atoms with van der Waals surface area (Å²) in [6.07, 6.45) is 4.02. The molecule has 2 atom stereocenters. The Kier molecular flexibility index (Phi) is 7.29. The first-order chi connectivity index (χ1) is 20.8. The monoisotopic (exact) mass is 600 g/mol. The molecule has 0 aliphatic carbocycles. The molecule has 2 N–H and O–H groups in total. The number of nitrogen functional groups attached to an aromatic ring is 1. The van der Waals surface area contributed by atoms with Crippen molar-refractivity contribution in [2.45, 2.75) is 13.0 Å². The molecule has 0 saturated heterocycles. The van der Waals surface area contributed by atoms with Crippen LogP contribution in [0.25, 0.3) is 38.9 Å². The minimum absolute atomic E-state index is 0.144.